The average molecular weight is 691 g/mol. The molecule has 0 aliphatic rings. The summed E-state index contributed by atoms with van der Waals surface area (Å²) in [7, 11) is 0. The van der Waals surface area contributed by atoms with Crippen molar-refractivity contribution in [2.24, 2.45) is 0 Å². The van der Waals surface area contributed by atoms with Crippen LogP contribution in [-0.4, -0.2) is 33.0 Å². The van der Waals surface area contributed by atoms with Crippen LogP contribution in [0.15, 0.2) is 128 Å². The van der Waals surface area contributed by atoms with Crippen LogP contribution in [0.5, 0.6) is 0 Å². The third-order valence-corrected chi connectivity index (χ3v) is 9.40. The first kappa shape index (κ1) is 35.4. The lowest BCUT2D eigenvalue weighted by atomic mass is 9.77. The Morgan fingerprint density at radius 1 is 0.745 bits per heavy atom. The standard InChI is InChI=1S/C42H41F3N4O2/c1-6-40(5,28-47-38(50)51-39(2,3)4)33-24-16-17-29(27-33)34-25-26-46-37-35(34)36(42(43,44)45)48-49(37)41(30-18-10-7-11-19-30,31-20-12-8-13-21-31)32-22-14-9-15-23-32/h7-27H,6,28H2,1-5H3,(H,47,50). The summed E-state index contributed by atoms with van der Waals surface area (Å²) in [5.41, 5.74) is 0.522. The van der Waals surface area contributed by atoms with Crippen molar-refractivity contribution < 1.29 is 22.7 Å². The lowest BCUT2D eigenvalue weighted by Crippen LogP contribution is -2.41. The number of rotatable bonds is 9. The van der Waals surface area contributed by atoms with Crippen LogP contribution in [0.4, 0.5) is 18.0 Å². The highest BCUT2D eigenvalue weighted by Gasteiger charge is 2.45. The second-order valence-electron chi connectivity index (χ2n) is 14.0. The molecule has 4 aromatic carbocycles. The number of nitrogens with zero attached hydrogens (tertiary/aromatic N) is 3. The summed E-state index contributed by atoms with van der Waals surface area (Å²) in [6.07, 6.45) is -3.14. The van der Waals surface area contributed by atoms with Gasteiger partial charge >= 0.3 is 12.3 Å². The van der Waals surface area contributed by atoms with E-state index in [0.717, 1.165) is 22.3 Å². The Morgan fingerprint density at radius 2 is 1.27 bits per heavy atom. The number of hydrogen-bond acceptors (Lipinski definition) is 4. The van der Waals surface area contributed by atoms with Gasteiger partial charge in [-0.25, -0.2) is 14.5 Å². The zero-order valence-corrected chi connectivity index (χ0v) is 29.3. The van der Waals surface area contributed by atoms with Crippen LogP contribution >= 0.6 is 0 Å². The molecule has 0 bridgehead atoms. The summed E-state index contributed by atoms with van der Waals surface area (Å²) in [4.78, 5) is 17.2. The number of pyridine rings is 1. The first-order chi connectivity index (χ1) is 24.3. The Balaban J connectivity index is 1.60. The highest BCUT2D eigenvalue weighted by Crippen LogP contribution is 2.46. The molecule has 51 heavy (non-hydrogen) atoms. The summed E-state index contributed by atoms with van der Waals surface area (Å²) >= 11 is 0. The summed E-state index contributed by atoms with van der Waals surface area (Å²) in [5.74, 6) is 0. The van der Waals surface area contributed by atoms with Gasteiger partial charge in [0.05, 0.1) is 5.39 Å². The zero-order chi connectivity index (χ0) is 36.4. The van der Waals surface area contributed by atoms with E-state index in [9.17, 15) is 4.79 Å². The number of benzene rings is 4. The zero-order valence-electron chi connectivity index (χ0n) is 29.3. The second kappa shape index (κ2) is 13.7. The maximum absolute atomic E-state index is 15.3. The first-order valence-corrected chi connectivity index (χ1v) is 17.0. The maximum atomic E-state index is 15.3. The molecule has 0 radical (unpaired) electrons. The SMILES string of the molecule is CCC(C)(CNC(=O)OC(C)(C)C)c1cccc(-c2ccnc3c2c(C(F)(F)F)nn3C(c2ccccc2)(c2ccccc2)c2ccccc2)c1. The van der Waals surface area contributed by atoms with E-state index in [0.29, 0.717) is 17.5 Å². The molecule has 1 N–H and O–H groups in total. The number of alkyl carbamates (subject to hydrolysis) is 1. The van der Waals surface area contributed by atoms with Crippen molar-refractivity contribution in [3.63, 3.8) is 0 Å². The Bertz CT molecular complexity index is 2030. The van der Waals surface area contributed by atoms with Crippen LogP contribution in [0.3, 0.4) is 0 Å². The fraction of sp³-hybridized carbons (Fsp3) is 0.262. The summed E-state index contributed by atoms with van der Waals surface area (Å²) in [6, 6.07) is 37.4. The molecule has 0 aliphatic heterocycles. The molecule has 0 saturated heterocycles. The lowest BCUT2D eigenvalue weighted by molar-refractivity contribution is -0.140. The minimum absolute atomic E-state index is 0.0895. The number of carbonyl (C=O) groups excluding carboxylic acids is 1. The third kappa shape index (κ3) is 6.85. The maximum Gasteiger partial charge on any atom is 0.435 e. The predicted octanol–water partition coefficient (Wildman–Crippen LogP) is 10.1. The number of hydrogen-bond donors (Lipinski definition) is 1. The Kier molecular flexibility index (Phi) is 9.51. The van der Waals surface area contributed by atoms with Gasteiger partial charge in [0.25, 0.3) is 0 Å². The fourth-order valence-corrected chi connectivity index (χ4v) is 6.69. The van der Waals surface area contributed by atoms with Crippen molar-refractivity contribution in [3.8, 4) is 11.1 Å². The van der Waals surface area contributed by atoms with E-state index in [1.807, 2.05) is 123 Å². The number of ether oxygens (including phenoxy) is 1. The molecule has 6 aromatic rings. The Hall–Kier alpha value is -5.44. The normalized spacial score (nSPS) is 13.5. The van der Waals surface area contributed by atoms with Crippen LogP contribution < -0.4 is 5.32 Å². The van der Waals surface area contributed by atoms with Gasteiger partial charge in [0.2, 0.25) is 0 Å². The summed E-state index contributed by atoms with van der Waals surface area (Å²) < 4.78 is 52.7. The number of carbonyl (C=O) groups is 1. The first-order valence-electron chi connectivity index (χ1n) is 17.0. The van der Waals surface area contributed by atoms with Gasteiger partial charge in [-0.15, -0.1) is 0 Å². The largest absolute Gasteiger partial charge is 0.444 e. The molecular formula is C42H41F3N4O2. The molecule has 0 aliphatic carbocycles. The average Bonchev–Trinajstić information content (AvgIpc) is 3.53. The van der Waals surface area contributed by atoms with Crippen LogP contribution in [0.25, 0.3) is 22.2 Å². The molecule has 1 atom stereocenters. The van der Waals surface area contributed by atoms with E-state index in [4.69, 9.17) is 4.74 Å². The number of amides is 1. The van der Waals surface area contributed by atoms with Gasteiger partial charge in [-0.2, -0.15) is 18.3 Å². The van der Waals surface area contributed by atoms with Gasteiger partial charge in [-0.05, 0) is 66.6 Å². The molecule has 0 saturated carbocycles. The van der Waals surface area contributed by atoms with Crippen LogP contribution in [-0.2, 0) is 21.9 Å². The molecule has 262 valence electrons. The fourth-order valence-electron chi connectivity index (χ4n) is 6.69. The number of fused-ring (bicyclic) bond motifs is 1. The van der Waals surface area contributed by atoms with Crippen LogP contribution in [0.1, 0.15) is 69.0 Å². The van der Waals surface area contributed by atoms with Crippen molar-refractivity contribution in [2.45, 2.75) is 63.8 Å². The molecule has 2 heterocycles. The summed E-state index contributed by atoms with van der Waals surface area (Å²) in [5, 5.41) is 7.26. The van der Waals surface area contributed by atoms with E-state index >= 15 is 13.2 Å². The molecule has 1 unspecified atom stereocenters. The number of nitrogens with one attached hydrogen (secondary N) is 1. The Labute approximate surface area is 296 Å². The van der Waals surface area contributed by atoms with E-state index in [1.54, 1.807) is 32.9 Å². The number of halogens is 3. The van der Waals surface area contributed by atoms with E-state index < -0.39 is 34.5 Å². The van der Waals surface area contributed by atoms with E-state index in [-0.39, 0.29) is 17.6 Å². The third-order valence-electron chi connectivity index (χ3n) is 9.40. The van der Waals surface area contributed by atoms with Crippen LogP contribution in [0.2, 0.25) is 0 Å². The minimum atomic E-state index is -4.80. The molecule has 2 aromatic heterocycles. The van der Waals surface area contributed by atoms with E-state index in [2.05, 4.69) is 15.4 Å². The Morgan fingerprint density at radius 3 is 1.76 bits per heavy atom. The molecule has 9 heteroatoms. The monoisotopic (exact) mass is 690 g/mol. The van der Waals surface area contributed by atoms with Gasteiger partial charge in [0, 0.05) is 18.2 Å². The predicted molar refractivity (Wildman–Crippen MR) is 194 cm³/mol. The highest BCUT2D eigenvalue weighted by atomic mass is 19.4. The summed E-state index contributed by atoms with van der Waals surface area (Å²) in [6.45, 7) is 9.68. The van der Waals surface area contributed by atoms with Gasteiger partial charge in [0.15, 0.2) is 11.3 Å². The van der Waals surface area contributed by atoms with Crippen molar-refractivity contribution >= 4 is 17.1 Å². The molecule has 0 spiro atoms. The van der Waals surface area contributed by atoms with Gasteiger partial charge < -0.3 is 10.1 Å². The number of aromatic nitrogens is 3. The van der Waals surface area contributed by atoms with Crippen LogP contribution in [0, 0.1) is 0 Å². The topological polar surface area (TPSA) is 69.0 Å². The van der Waals surface area contributed by atoms with Crippen molar-refractivity contribution in [1.82, 2.24) is 20.1 Å². The molecular weight excluding hydrogens is 649 g/mol. The molecule has 6 rings (SSSR count). The number of alkyl halides is 3. The highest BCUT2D eigenvalue weighted by molar-refractivity contribution is 5.96. The quantitative estimate of drug-likeness (QED) is 0.153. The van der Waals surface area contributed by atoms with Gasteiger partial charge in [0.1, 0.15) is 11.1 Å². The van der Waals surface area contributed by atoms with E-state index in [1.165, 1.54) is 10.9 Å². The molecule has 1 amide bonds. The van der Waals surface area contributed by atoms with Crippen molar-refractivity contribution in [3.05, 3.63) is 155 Å². The smallest absolute Gasteiger partial charge is 0.435 e. The molecule has 6 nitrogen and oxygen atoms in total. The molecule has 0 fully saturated rings. The second-order valence-corrected chi connectivity index (χ2v) is 14.0. The van der Waals surface area contributed by atoms with Crippen molar-refractivity contribution in [2.75, 3.05) is 6.54 Å². The minimum Gasteiger partial charge on any atom is -0.444 e. The van der Waals surface area contributed by atoms with Gasteiger partial charge in [-0.1, -0.05) is 129 Å². The van der Waals surface area contributed by atoms with Gasteiger partial charge in [-0.3, -0.25) is 0 Å². The van der Waals surface area contributed by atoms with Crippen molar-refractivity contribution in [1.29, 1.82) is 0 Å². The lowest BCUT2D eigenvalue weighted by Gasteiger charge is -2.36.